The predicted molar refractivity (Wildman–Crippen MR) is 106 cm³/mol. The molecule has 0 unspecified atom stereocenters. The van der Waals surface area contributed by atoms with Crippen molar-refractivity contribution in [2.75, 3.05) is 39.8 Å². The molecule has 2 saturated heterocycles. The zero-order valence-electron chi connectivity index (χ0n) is 17.0. The molecule has 0 bridgehead atoms. The largest absolute Gasteiger partial charge is 0.305 e. The highest BCUT2D eigenvalue weighted by atomic mass is 32.2. The molecular weight excluding hydrogens is 403 g/mol. The molecule has 9 heteroatoms. The Bertz CT molecular complexity index is 798. The van der Waals surface area contributed by atoms with Crippen LogP contribution in [0, 0.1) is 5.82 Å². The highest BCUT2D eigenvalue weighted by Gasteiger charge is 2.48. The van der Waals surface area contributed by atoms with E-state index in [2.05, 4.69) is 11.8 Å². The number of halogens is 3. The van der Waals surface area contributed by atoms with Gasteiger partial charge in [-0.3, -0.25) is 4.90 Å². The molecule has 2 heterocycles. The molecule has 3 rings (SSSR count). The number of piperidine rings is 1. The van der Waals surface area contributed by atoms with E-state index in [1.807, 2.05) is 11.9 Å². The molecule has 1 aromatic carbocycles. The summed E-state index contributed by atoms with van der Waals surface area (Å²) >= 11 is 0. The summed E-state index contributed by atoms with van der Waals surface area (Å²) in [6, 6.07) is 5.01. The molecular formula is C20H30F3N3O2S. The second-order valence-corrected chi connectivity index (χ2v) is 10.1. The van der Waals surface area contributed by atoms with Crippen LogP contribution in [0.1, 0.15) is 32.6 Å². The molecule has 164 valence electrons. The van der Waals surface area contributed by atoms with Crippen molar-refractivity contribution in [3.8, 4) is 0 Å². The first kappa shape index (κ1) is 22.5. The van der Waals surface area contributed by atoms with Gasteiger partial charge in [0.1, 0.15) is 10.7 Å². The summed E-state index contributed by atoms with van der Waals surface area (Å²) in [5.74, 6) is -3.48. The number of likely N-dealkylation sites (tertiary alicyclic amines) is 1. The third kappa shape index (κ3) is 5.13. The van der Waals surface area contributed by atoms with Gasteiger partial charge in [-0.2, -0.15) is 4.31 Å². The van der Waals surface area contributed by atoms with Crippen molar-refractivity contribution in [2.24, 2.45) is 0 Å². The maximum absolute atomic E-state index is 14.2. The number of rotatable bonds is 7. The van der Waals surface area contributed by atoms with E-state index < -0.39 is 21.8 Å². The van der Waals surface area contributed by atoms with Gasteiger partial charge in [0.15, 0.2) is 0 Å². The number of hydrogen-bond donors (Lipinski definition) is 0. The van der Waals surface area contributed by atoms with E-state index in [1.54, 1.807) is 0 Å². The summed E-state index contributed by atoms with van der Waals surface area (Å²) in [5, 5.41) is 0. The maximum atomic E-state index is 14.2. The van der Waals surface area contributed by atoms with E-state index in [0.29, 0.717) is 19.4 Å². The van der Waals surface area contributed by atoms with Crippen molar-refractivity contribution in [3.05, 3.63) is 30.1 Å². The van der Waals surface area contributed by atoms with Crippen LogP contribution in [0.15, 0.2) is 29.2 Å². The van der Waals surface area contributed by atoms with Crippen LogP contribution in [0.5, 0.6) is 0 Å². The molecule has 2 aliphatic heterocycles. The lowest BCUT2D eigenvalue weighted by atomic mass is 10.0. The van der Waals surface area contributed by atoms with Gasteiger partial charge in [0.25, 0.3) is 5.92 Å². The van der Waals surface area contributed by atoms with Crippen molar-refractivity contribution in [1.82, 2.24) is 14.1 Å². The van der Waals surface area contributed by atoms with Crippen LogP contribution in [-0.2, 0) is 10.0 Å². The maximum Gasteiger partial charge on any atom is 0.262 e. The predicted octanol–water partition coefficient (Wildman–Crippen LogP) is 3.03. The van der Waals surface area contributed by atoms with Gasteiger partial charge in [0.05, 0.1) is 6.54 Å². The van der Waals surface area contributed by atoms with Crippen LogP contribution in [0.2, 0.25) is 0 Å². The van der Waals surface area contributed by atoms with Crippen LogP contribution in [0.3, 0.4) is 0 Å². The fourth-order valence-corrected chi connectivity index (χ4v) is 6.09. The average Bonchev–Trinajstić information content (AvgIpc) is 2.96. The van der Waals surface area contributed by atoms with Gasteiger partial charge in [0.2, 0.25) is 10.0 Å². The Morgan fingerprint density at radius 3 is 2.48 bits per heavy atom. The molecule has 29 heavy (non-hydrogen) atoms. The van der Waals surface area contributed by atoms with Crippen LogP contribution in [0.4, 0.5) is 13.2 Å². The molecule has 1 atom stereocenters. The van der Waals surface area contributed by atoms with E-state index in [9.17, 15) is 21.6 Å². The lowest BCUT2D eigenvalue weighted by molar-refractivity contribution is 0.00467. The zero-order chi connectivity index (χ0) is 21.2. The first-order valence-electron chi connectivity index (χ1n) is 10.2. The Balaban J connectivity index is 1.66. The van der Waals surface area contributed by atoms with Crippen LogP contribution in [0.25, 0.3) is 0 Å². The van der Waals surface area contributed by atoms with Gasteiger partial charge in [-0.15, -0.1) is 0 Å². The van der Waals surface area contributed by atoms with Crippen molar-refractivity contribution in [2.45, 2.75) is 55.5 Å². The lowest BCUT2D eigenvalue weighted by Gasteiger charge is -2.39. The minimum Gasteiger partial charge on any atom is -0.305 e. The summed E-state index contributed by atoms with van der Waals surface area (Å²) in [6.45, 7) is 3.64. The Morgan fingerprint density at radius 1 is 1.21 bits per heavy atom. The fraction of sp³-hybridized carbons (Fsp3) is 0.700. The molecule has 0 aromatic heterocycles. The Hall–Kier alpha value is -1.16. The Labute approximate surface area is 171 Å². The second kappa shape index (κ2) is 8.91. The van der Waals surface area contributed by atoms with E-state index in [1.165, 1.54) is 22.5 Å². The van der Waals surface area contributed by atoms with Crippen LogP contribution in [-0.4, -0.2) is 80.3 Å². The summed E-state index contributed by atoms with van der Waals surface area (Å²) in [6.07, 6.45) is 1.75. The molecule has 0 saturated carbocycles. The summed E-state index contributed by atoms with van der Waals surface area (Å²) in [4.78, 5) is 3.63. The van der Waals surface area contributed by atoms with Gasteiger partial charge in [-0.1, -0.05) is 19.1 Å². The number of likely N-dealkylation sites (N-methyl/N-ethyl adjacent to an activating group) is 1. The van der Waals surface area contributed by atoms with Gasteiger partial charge < -0.3 is 4.90 Å². The number of alkyl halides is 2. The van der Waals surface area contributed by atoms with E-state index in [-0.39, 0.29) is 43.0 Å². The zero-order valence-corrected chi connectivity index (χ0v) is 17.8. The van der Waals surface area contributed by atoms with Crippen LogP contribution < -0.4 is 0 Å². The Kier molecular flexibility index (Phi) is 6.92. The van der Waals surface area contributed by atoms with Crippen molar-refractivity contribution in [3.63, 3.8) is 0 Å². The number of benzene rings is 1. The number of hydrogen-bond acceptors (Lipinski definition) is 4. The normalized spacial score (nSPS) is 24.4. The van der Waals surface area contributed by atoms with Gasteiger partial charge in [-0.25, -0.2) is 21.6 Å². The monoisotopic (exact) mass is 433 g/mol. The van der Waals surface area contributed by atoms with Gasteiger partial charge in [-0.05, 0) is 45.0 Å². The molecule has 0 radical (unpaired) electrons. The lowest BCUT2D eigenvalue weighted by Crippen LogP contribution is -2.50. The smallest absolute Gasteiger partial charge is 0.262 e. The minimum absolute atomic E-state index is 0.0875. The van der Waals surface area contributed by atoms with Crippen LogP contribution >= 0.6 is 0 Å². The minimum atomic E-state index is -3.92. The molecule has 2 fully saturated rings. The van der Waals surface area contributed by atoms with Crippen molar-refractivity contribution >= 4 is 10.0 Å². The molecule has 0 N–H and O–H groups in total. The van der Waals surface area contributed by atoms with E-state index in [4.69, 9.17) is 0 Å². The molecule has 1 aromatic rings. The van der Waals surface area contributed by atoms with Crippen molar-refractivity contribution in [1.29, 1.82) is 0 Å². The van der Waals surface area contributed by atoms with E-state index >= 15 is 0 Å². The topological polar surface area (TPSA) is 43.9 Å². The molecule has 0 amide bonds. The standard InChI is InChI=1S/C20H30F3N3O2S/c1-3-10-24(2)14-17-13-20(22,23)15-26(17)16-8-11-25(12-9-16)29(27,28)19-7-5-4-6-18(19)21/h4-7,16-17H,3,8-15H2,1-2H3/t17-/m0/s1. The number of sulfonamides is 1. The van der Waals surface area contributed by atoms with Crippen molar-refractivity contribution < 1.29 is 21.6 Å². The average molecular weight is 434 g/mol. The highest BCUT2D eigenvalue weighted by Crippen LogP contribution is 2.36. The molecule has 2 aliphatic rings. The number of nitrogens with zero attached hydrogens (tertiary/aromatic N) is 3. The molecule has 5 nitrogen and oxygen atoms in total. The highest BCUT2D eigenvalue weighted by molar-refractivity contribution is 7.89. The first-order valence-corrected chi connectivity index (χ1v) is 11.6. The van der Waals surface area contributed by atoms with Gasteiger partial charge in [0, 0.05) is 38.1 Å². The van der Waals surface area contributed by atoms with Gasteiger partial charge >= 0.3 is 0 Å². The fourth-order valence-electron chi connectivity index (χ4n) is 4.56. The molecule has 0 aliphatic carbocycles. The molecule has 0 spiro atoms. The first-order chi connectivity index (χ1) is 13.6. The Morgan fingerprint density at radius 2 is 1.86 bits per heavy atom. The SMILES string of the molecule is CCCN(C)C[C@@H]1CC(F)(F)CN1C1CCN(S(=O)(=O)c2ccccc2F)CC1. The third-order valence-electron chi connectivity index (χ3n) is 5.89. The van der Waals surface area contributed by atoms with E-state index in [0.717, 1.165) is 19.0 Å². The summed E-state index contributed by atoms with van der Waals surface area (Å²) in [7, 11) is -1.97. The third-order valence-corrected chi connectivity index (χ3v) is 7.82. The summed E-state index contributed by atoms with van der Waals surface area (Å²) < 4.78 is 69.1. The summed E-state index contributed by atoms with van der Waals surface area (Å²) in [5.41, 5.74) is 0. The second-order valence-electron chi connectivity index (χ2n) is 8.21. The quantitative estimate of drug-likeness (QED) is 0.663.